The number of carbonyl (C=O) groups excluding carboxylic acids is 1. The van der Waals surface area contributed by atoms with E-state index in [4.69, 9.17) is 17.3 Å². The molecule has 3 heterocycles. The van der Waals surface area contributed by atoms with Crippen LogP contribution in [0, 0.1) is 0 Å². The first-order valence-corrected chi connectivity index (χ1v) is 12.4. The summed E-state index contributed by atoms with van der Waals surface area (Å²) in [5.41, 5.74) is 3.66. The molecule has 0 radical (unpaired) electrons. The minimum absolute atomic E-state index is 0.0427. The highest BCUT2D eigenvalue weighted by atomic mass is 35.5. The Bertz CT molecular complexity index is 1240. The molecular formula is C19H18ClF3N4O3S2. The van der Waals surface area contributed by atoms with Crippen molar-refractivity contribution in [3.63, 3.8) is 0 Å². The number of thiophene rings is 1. The number of hydrogen-bond acceptors (Lipinski definition) is 7. The number of pyridine rings is 1. The van der Waals surface area contributed by atoms with Gasteiger partial charge >= 0.3 is 6.18 Å². The van der Waals surface area contributed by atoms with Gasteiger partial charge in [0.2, 0.25) is 0 Å². The van der Waals surface area contributed by atoms with Gasteiger partial charge < -0.3 is 11.1 Å². The van der Waals surface area contributed by atoms with Crippen molar-refractivity contribution in [2.24, 2.45) is 10.7 Å². The lowest BCUT2D eigenvalue weighted by Crippen LogP contribution is -2.61. The normalized spacial score (nSPS) is 24.0. The topological polar surface area (TPSA) is 115 Å². The third-order valence-electron chi connectivity index (χ3n) is 5.74. The summed E-state index contributed by atoms with van der Waals surface area (Å²) in [5.74, 6) is -1.28. The van der Waals surface area contributed by atoms with Crippen molar-refractivity contribution in [1.82, 2.24) is 4.98 Å². The van der Waals surface area contributed by atoms with Crippen LogP contribution in [0.1, 0.15) is 46.4 Å². The number of hydrogen-bond donors (Lipinski definition) is 2. The summed E-state index contributed by atoms with van der Waals surface area (Å²) in [6.45, 7) is 1.58. The van der Waals surface area contributed by atoms with Crippen LogP contribution < -0.4 is 11.1 Å². The smallest absolute Gasteiger partial charge is 0.386 e. The number of aromatic nitrogens is 1. The molecule has 1 amide bonds. The van der Waals surface area contributed by atoms with Gasteiger partial charge in [0.1, 0.15) is 27.6 Å². The summed E-state index contributed by atoms with van der Waals surface area (Å²) in [7, 11) is -3.61. The average molecular weight is 507 g/mol. The summed E-state index contributed by atoms with van der Waals surface area (Å²) in [5, 5.41) is 2.43. The largest absolute Gasteiger partial charge is 0.433 e. The minimum atomic E-state index is -4.66. The molecule has 1 atom stereocenters. The first kappa shape index (κ1) is 23.0. The lowest BCUT2D eigenvalue weighted by atomic mass is 9.82. The number of amides is 1. The van der Waals surface area contributed by atoms with Crippen molar-refractivity contribution < 1.29 is 26.4 Å². The molecule has 2 aromatic rings. The monoisotopic (exact) mass is 506 g/mol. The molecule has 172 valence electrons. The van der Waals surface area contributed by atoms with Crippen LogP contribution in [0.4, 0.5) is 19.0 Å². The maximum atomic E-state index is 13.0. The van der Waals surface area contributed by atoms with Crippen molar-refractivity contribution in [1.29, 1.82) is 0 Å². The van der Waals surface area contributed by atoms with Crippen LogP contribution in [-0.4, -0.2) is 35.6 Å². The number of aliphatic imine (C=N–C) groups is 1. The average Bonchev–Trinajstić information content (AvgIpc) is 3.01. The molecule has 1 aliphatic heterocycles. The predicted octanol–water partition coefficient (Wildman–Crippen LogP) is 3.99. The number of sulfone groups is 1. The number of alkyl halides is 3. The molecule has 1 spiro atoms. The molecule has 1 saturated carbocycles. The molecule has 7 nitrogen and oxygen atoms in total. The number of nitrogens with zero attached hydrogens (tertiary/aromatic N) is 2. The van der Waals surface area contributed by atoms with Gasteiger partial charge in [-0.2, -0.15) is 13.2 Å². The summed E-state index contributed by atoms with van der Waals surface area (Å²) in [6.07, 6.45) is -3.05. The summed E-state index contributed by atoms with van der Waals surface area (Å²) >= 11 is 7.23. The fraction of sp³-hybridized carbons (Fsp3) is 0.421. The maximum Gasteiger partial charge on any atom is 0.433 e. The van der Waals surface area contributed by atoms with E-state index in [0.717, 1.165) is 29.9 Å². The van der Waals surface area contributed by atoms with Gasteiger partial charge in [0.05, 0.1) is 20.5 Å². The van der Waals surface area contributed by atoms with Gasteiger partial charge in [-0.15, -0.1) is 11.3 Å². The van der Waals surface area contributed by atoms with E-state index in [1.165, 1.54) is 12.1 Å². The van der Waals surface area contributed by atoms with Crippen LogP contribution in [0.5, 0.6) is 0 Å². The SMILES string of the molecule is CC1(c2sc(C(=O)Nc3cccc(C(F)(F)F)n3)cc2Cl)CS(=O)(=O)C2(CCC2)C(N)=N1. The lowest BCUT2D eigenvalue weighted by Gasteiger charge is -2.46. The van der Waals surface area contributed by atoms with Gasteiger partial charge in [0.15, 0.2) is 9.84 Å². The van der Waals surface area contributed by atoms with Crippen LogP contribution >= 0.6 is 22.9 Å². The van der Waals surface area contributed by atoms with Crippen molar-refractivity contribution in [2.45, 2.75) is 42.6 Å². The second-order valence-corrected chi connectivity index (χ2v) is 11.8. The number of carbonyl (C=O) groups is 1. The van der Waals surface area contributed by atoms with E-state index in [9.17, 15) is 26.4 Å². The Morgan fingerprint density at radius 3 is 2.56 bits per heavy atom. The highest BCUT2D eigenvalue weighted by Gasteiger charge is 2.58. The molecule has 13 heteroatoms. The molecule has 0 aromatic carbocycles. The van der Waals surface area contributed by atoms with E-state index in [-0.39, 0.29) is 27.3 Å². The number of nitrogens with one attached hydrogen (secondary N) is 1. The van der Waals surface area contributed by atoms with Crippen LogP contribution in [0.3, 0.4) is 0 Å². The van der Waals surface area contributed by atoms with E-state index >= 15 is 0 Å². The van der Waals surface area contributed by atoms with Crippen LogP contribution in [0.25, 0.3) is 0 Å². The zero-order valence-corrected chi connectivity index (χ0v) is 19.1. The van der Waals surface area contributed by atoms with Gasteiger partial charge in [-0.1, -0.05) is 17.7 Å². The molecule has 2 aliphatic rings. The molecule has 0 bridgehead atoms. The zero-order valence-electron chi connectivity index (χ0n) is 16.7. The number of halogens is 4. The number of nitrogens with two attached hydrogens (primary N) is 1. The molecular weight excluding hydrogens is 489 g/mol. The van der Waals surface area contributed by atoms with Crippen LogP contribution in [-0.2, 0) is 21.6 Å². The standard InChI is InChI=1S/C19H18ClF3N4O3S2/c1-17(9-32(29,30)18(6-3-7-18)16(24)27-17)14-10(20)8-11(31-14)15(28)26-13-5-2-4-12(25-13)19(21,22)23/h2,4-5,8H,3,6-7,9H2,1H3,(H2,24,27)(H,25,26,28). The van der Waals surface area contributed by atoms with Gasteiger partial charge in [0.25, 0.3) is 5.91 Å². The third kappa shape index (κ3) is 3.67. The van der Waals surface area contributed by atoms with E-state index < -0.39 is 37.9 Å². The predicted molar refractivity (Wildman–Crippen MR) is 116 cm³/mol. The Kier molecular flexibility index (Phi) is 5.33. The second-order valence-electron chi connectivity index (χ2n) is 8.03. The molecule has 1 aliphatic carbocycles. The van der Waals surface area contributed by atoms with Crippen LogP contribution in [0.2, 0.25) is 5.02 Å². The van der Waals surface area contributed by atoms with Crippen LogP contribution in [0.15, 0.2) is 29.3 Å². The highest BCUT2D eigenvalue weighted by molar-refractivity contribution is 7.93. The zero-order chi connectivity index (χ0) is 23.5. The van der Waals surface area contributed by atoms with Gasteiger partial charge in [-0.3, -0.25) is 9.79 Å². The fourth-order valence-corrected chi connectivity index (χ4v) is 8.06. The molecule has 32 heavy (non-hydrogen) atoms. The number of rotatable bonds is 3. The van der Waals surface area contributed by atoms with E-state index in [2.05, 4.69) is 15.3 Å². The van der Waals surface area contributed by atoms with Gasteiger partial charge in [-0.05, 0) is 44.4 Å². The van der Waals surface area contributed by atoms with E-state index in [0.29, 0.717) is 17.7 Å². The van der Waals surface area contributed by atoms with Gasteiger partial charge in [-0.25, -0.2) is 13.4 Å². The van der Waals surface area contributed by atoms with Crippen molar-refractivity contribution in [3.8, 4) is 0 Å². The van der Waals surface area contributed by atoms with Gasteiger partial charge in [0, 0.05) is 0 Å². The van der Waals surface area contributed by atoms with Crippen molar-refractivity contribution in [2.75, 3.05) is 11.1 Å². The second kappa shape index (κ2) is 7.42. The van der Waals surface area contributed by atoms with E-state index in [1.54, 1.807) is 6.92 Å². The molecule has 4 rings (SSSR count). The van der Waals surface area contributed by atoms with E-state index in [1.807, 2.05) is 0 Å². The Balaban J connectivity index is 1.63. The molecule has 1 unspecified atom stereocenters. The molecule has 2 aromatic heterocycles. The Labute approximate surface area is 190 Å². The summed E-state index contributed by atoms with van der Waals surface area (Å²) in [6, 6.07) is 4.46. The highest BCUT2D eigenvalue weighted by Crippen LogP contribution is 2.49. The number of anilines is 1. The maximum absolute atomic E-state index is 13.0. The number of amidine groups is 1. The minimum Gasteiger partial charge on any atom is -0.386 e. The van der Waals surface area contributed by atoms with Crippen molar-refractivity contribution in [3.05, 3.63) is 44.7 Å². The lowest BCUT2D eigenvalue weighted by molar-refractivity contribution is -0.141. The van der Waals surface area contributed by atoms with Crippen molar-refractivity contribution >= 4 is 50.3 Å². The molecule has 1 fully saturated rings. The summed E-state index contributed by atoms with van der Waals surface area (Å²) in [4.78, 5) is 20.9. The quantitative estimate of drug-likeness (QED) is 0.653. The molecule has 0 saturated heterocycles. The first-order chi connectivity index (χ1) is 14.8. The Morgan fingerprint density at radius 1 is 1.31 bits per heavy atom. The Hall–Kier alpha value is -2.18. The first-order valence-electron chi connectivity index (χ1n) is 9.51. The molecule has 3 N–H and O–H groups in total. The fourth-order valence-electron chi connectivity index (χ4n) is 3.94. The third-order valence-corrected chi connectivity index (χ3v) is 10.3. The summed E-state index contributed by atoms with van der Waals surface area (Å²) < 4.78 is 63.5. The Morgan fingerprint density at radius 2 is 2.00 bits per heavy atom.